The Labute approximate surface area is 181 Å². The van der Waals surface area contributed by atoms with Gasteiger partial charge in [0.25, 0.3) is 0 Å². The van der Waals surface area contributed by atoms with Crippen LogP contribution >= 0.6 is 11.6 Å². The number of pyridine rings is 2. The normalized spacial score (nSPS) is 15.0. The number of alkyl halides is 3. The molecule has 1 aliphatic heterocycles. The van der Waals surface area contributed by atoms with Crippen LogP contribution in [0.25, 0.3) is 5.57 Å². The van der Waals surface area contributed by atoms with E-state index < -0.39 is 11.7 Å². The van der Waals surface area contributed by atoms with Gasteiger partial charge in [-0.2, -0.15) is 13.2 Å². The summed E-state index contributed by atoms with van der Waals surface area (Å²) in [5.74, 6) is 1.00. The molecule has 0 bridgehead atoms. The van der Waals surface area contributed by atoms with E-state index in [0.717, 1.165) is 42.1 Å². The van der Waals surface area contributed by atoms with Gasteiger partial charge in [-0.3, -0.25) is 9.88 Å². The molecule has 0 saturated heterocycles. The lowest BCUT2D eigenvalue weighted by atomic mass is 10.0. The number of hydrogen-bond donors (Lipinski definition) is 1. The fourth-order valence-corrected chi connectivity index (χ4v) is 3.56. The number of aromatic nitrogens is 3. The van der Waals surface area contributed by atoms with E-state index in [2.05, 4.69) is 31.2 Å². The summed E-state index contributed by atoms with van der Waals surface area (Å²) in [5.41, 5.74) is 1.98. The van der Waals surface area contributed by atoms with Crippen molar-refractivity contribution in [3.8, 4) is 0 Å². The Morgan fingerprint density at radius 2 is 2.03 bits per heavy atom. The molecule has 0 atom stereocenters. The van der Waals surface area contributed by atoms with Crippen LogP contribution in [-0.2, 0) is 12.6 Å². The van der Waals surface area contributed by atoms with Crippen molar-refractivity contribution >= 4 is 23.0 Å². The lowest BCUT2D eigenvalue weighted by Gasteiger charge is -2.26. The standard InChI is InChI=1S/C21H19ClF3N5O/c22-17-9-14(10-19-26-5-8-31-19)11-28-20(17)15-3-6-30(7-4-15)13-29-18-2-1-16(12-27-18)21(23,24)25/h1-3,5,8-9,11-12H,4,6-7,10,13H2,(H,27,29). The maximum atomic E-state index is 12.6. The largest absolute Gasteiger partial charge is 0.449 e. The van der Waals surface area contributed by atoms with Gasteiger partial charge in [0.1, 0.15) is 12.1 Å². The van der Waals surface area contributed by atoms with Crippen LogP contribution in [0, 0.1) is 0 Å². The summed E-state index contributed by atoms with van der Waals surface area (Å²) in [6.07, 6.45) is 4.69. The Balaban J connectivity index is 1.32. The summed E-state index contributed by atoms with van der Waals surface area (Å²) in [5, 5.41) is 3.63. The first kappa shape index (κ1) is 21.3. The molecule has 0 aliphatic carbocycles. The highest BCUT2D eigenvalue weighted by atomic mass is 35.5. The molecule has 6 nitrogen and oxygen atoms in total. The quantitative estimate of drug-likeness (QED) is 0.578. The Bertz CT molecular complexity index is 1050. The van der Waals surface area contributed by atoms with Gasteiger partial charge in [-0.15, -0.1) is 0 Å². The highest BCUT2D eigenvalue weighted by Gasteiger charge is 2.30. The van der Waals surface area contributed by atoms with Gasteiger partial charge in [-0.05, 0) is 35.8 Å². The molecule has 0 unspecified atom stereocenters. The van der Waals surface area contributed by atoms with Crippen molar-refractivity contribution in [2.75, 3.05) is 25.1 Å². The molecule has 10 heteroatoms. The number of nitrogens with one attached hydrogen (secondary N) is 1. The highest BCUT2D eigenvalue weighted by molar-refractivity contribution is 6.32. The van der Waals surface area contributed by atoms with Crippen molar-refractivity contribution in [2.24, 2.45) is 0 Å². The second kappa shape index (κ2) is 9.07. The first-order valence-electron chi connectivity index (χ1n) is 9.60. The van der Waals surface area contributed by atoms with Crippen molar-refractivity contribution in [1.29, 1.82) is 0 Å². The van der Waals surface area contributed by atoms with Crippen molar-refractivity contribution < 1.29 is 17.6 Å². The molecule has 31 heavy (non-hydrogen) atoms. The number of oxazole rings is 1. The van der Waals surface area contributed by atoms with Crippen LogP contribution < -0.4 is 5.32 Å². The molecule has 0 radical (unpaired) electrons. The fraction of sp³-hybridized carbons (Fsp3) is 0.286. The molecule has 3 aromatic rings. The van der Waals surface area contributed by atoms with Gasteiger partial charge in [0, 0.05) is 25.5 Å². The van der Waals surface area contributed by atoms with Gasteiger partial charge in [-0.1, -0.05) is 17.7 Å². The lowest BCUT2D eigenvalue weighted by Crippen LogP contribution is -2.33. The van der Waals surface area contributed by atoms with Crippen LogP contribution in [0.1, 0.15) is 29.1 Å². The average Bonchev–Trinajstić information content (AvgIpc) is 3.26. The molecule has 3 aromatic heterocycles. The molecular weight excluding hydrogens is 431 g/mol. The number of halogens is 4. The van der Waals surface area contributed by atoms with E-state index in [9.17, 15) is 13.2 Å². The molecule has 4 heterocycles. The van der Waals surface area contributed by atoms with E-state index >= 15 is 0 Å². The van der Waals surface area contributed by atoms with Gasteiger partial charge in [-0.25, -0.2) is 9.97 Å². The summed E-state index contributed by atoms with van der Waals surface area (Å²) >= 11 is 6.46. The number of rotatable bonds is 6. The van der Waals surface area contributed by atoms with E-state index in [1.807, 2.05) is 6.07 Å². The van der Waals surface area contributed by atoms with Crippen LogP contribution in [0.2, 0.25) is 5.02 Å². The zero-order valence-electron chi connectivity index (χ0n) is 16.4. The van der Waals surface area contributed by atoms with Crippen molar-refractivity contribution in [3.63, 3.8) is 0 Å². The van der Waals surface area contributed by atoms with Crippen LogP contribution in [0.15, 0.2) is 53.5 Å². The molecule has 1 N–H and O–H groups in total. The molecule has 0 saturated carbocycles. The minimum Gasteiger partial charge on any atom is -0.449 e. The molecule has 0 spiro atoms. The number of nitrogens with zero attached hydrogens (tertiary/aromatic N) is 4. The summed E-state index contributed by atoms with van der Waals surface area (Å²) < 4.78 is 43.1. The number of anilines is 1. The first-order chi connectivity index (χ1) is 14.9. The second-order valence-electron chi connectivity index (χ2n) is 7.10. The summed E-state index contributed by atoms with van der Waals surface area (Å²) in [4.78, 5) is 14.6. The van der Waals surface area contributed by atoms with Crippen molar-refractivity contribution in [1.82, 2.24) is 19.9 Å². The third-order valence-electron chi connectivity index (χ3n) is 4.91. The van der Waals surface area contributed by atoms with Crippen LogP contribution in [0.5, 0.6) is 0 Å². The zero-order chi connectivity index (χ0) is 21.8. The van der Waals surface area contributed by atoms with Crippen LogP contribution in [0.3, 0.4) is 0 Å². The molecule has 0 fully saturated rings. The lowest BCUT2D eigenvalue weighted by molar-refractivity contribution is -0.137. The fourth-order valence-electron chi connectivity index (χ4n) is 3.25. The maximum Gasteiger partial charge on any atom is 0.417 e. The minimum absolute atomic E-state index is 0.397. The maximum absolute atomic E-state index is 12.6. The third-order valence-corrected chi connectivity index (χ3v) is 5.20. The molecular formula is C21H19ClF3N5O. The second-order valence-corrected chi connectivity index (χ2v) is 7.50. The van der Waals surface area contributed by atoms with E-state index in [-0.39, 0.29) is 0 Å². The molecule has 0 aromatic carbocycles. The SMILES string of the molecule is FC(F)(F)c1ccc(NCN2CC=C(c3ncc(Cc4ncco4)cc3Cl)CC2)nc1. The predicted octanol–water partition coefficient (Wildman–Crippen LogP) is 4.89. The van der Waals surface area contributed by atoms with Crippen molar-refractivity contribution in [2.45, 2.75) is 19.0 Å². The van der Waals surface area contributed by atoms with Gasteiger partial charge in [0.2, 0.25) is 0 Å². The van der Waals surface area contributed by atoms with E-state index in [4.69, 9.17) is 16.0 Å². The molecule has 4 rings (SSSR count). The highest BCUT2D eigenvalue weighted by Crippen LogP contribution is 2.29. The zero-order valence-corrected chi connectivity index (χ0v) is 17.1. The van der Waals surface area contributed by atoms with Crippen LogP contribution in [-0.4, -0.2) is 39.6 Å². The summed E-state index contributed by atoms with van der Waals surface area (Å²) in [7, 11) is 0. The topological polar surface area (TPSA) is 67.1 Å². The molecule has 1 aliphatic rings. The van der Waals surface area contributed by atoms with E-state index in [1.165, 1.54) is 12.3 Å². The van der Waals surface area contributed by atoms with Gasteiger partial charge >= 0.3 is 6.18 Å². The summed E-state index contributed by atoms with van der Waals surface area (Å²) in [6.45, 7) is 1.90. The monoisotopic (exact) mass is 449 g/mol. The minimum atomic E-state index is -4.39. The predicted molar refractivity (Wildman–Crippen MR) is 110 cm³/mol. The third kappa shape index (κ3) is 5.42. The van der Waals surface area contributed by atoms with Gasteiger partial charge < -0.3 is 9.73 Å². The van der Waals surface area contributed by atoms with Crippen molar-refractivity contribution in [3.05, 3.63) is 76.9 Å². The Hall–Kier alpha value is -2.91. The Kier molecular flexibility index (Phi) is 6.24. The Morgan fingerprint density at radius 1 is 1.16 bits per heavy atom. The molecule has 0 amide bonds. The Morgan fingerprint density at radius 3 is 2.65 bits per heavy atom. The van der Waals surface area contributed by atoms with Gasteiger partial charge in [0.05, 0.1) is 35.6 Å². The average molecular weight is 450 g/mol. The van der Waals surface area contributed by atoms with Gasteiger partial charge in [0.15, 0.2) is 5.89 Å². The molecule has 162 valence electrons. The number of hydrogen-bond acceptors (Lipinski definition) is 6. The van der Waals surface area contributed by atoms with E-state index in [0.29, 0.717) is 36.4 Å². The van der Waals surface area contributed by atoms with Crippen LogP contribution in [0.4, 0.5) is 19.0 Å². The first-order valence-corrected chi connectivity index (χ1v) is 9.98. The smallest absolute Gasteiger partial charge is 0.417 e. The summed E-state index contributed by atoms with van der Waals surface area (Å²) in [6, 6.07) is 4.22. The van der Waals surface area contributed by atoms with E-state index in [1.54, 1.807) is 12.4 Å².